The van der Waals surface area contributed by atoms with Crippen LogP contribution in [-0.2, 0) is 30.4 Å². The zero-order chi connectivity index (χ0) is 22.3. The van der Waals surface area contributed by atoms with Gasteiger partial charge < -0.3 is 36.5 Å². The summed E-state index contributed by atoms with van der Waals surface area (Å²) in [6.45, 7) is -0.427. The Morgan fingerprint density at radius 2 is 2.00 bits per heavy atom. The van der Waals surface area contributed by atoms with Crippen molar-refractivity contribution in [2.45, 2.75) is 43.8 Å². The van der Waals surface area contributed by atoms with Gasteiger partial charge in [0.25, 0.3) is 0 Å². The lowest BCUT2D eigenvalue weighted by Gasteiger charge is -2.28. The number of hydrogen-bond acceptors (Lipinski definition) is 7. The van der Waals surface area contributed by atoms with Gasteiger partial charge >= 0.3 is 11.9 Å². The fourth-order valence-electron chi connectivity index (χ4n) is 3.17. The number of carboxylic acids is 2. The number of rotatable bonds is 10. The summed E-state index contributed by atoms with van der Waals surface area (Å²) in [5, 5.41) is 22.0. The first-order chi connectivity index (χ1) is 14.2. The van der Waals surface area contributed by atoms with Crippen molar-refractivity contribution >= 4 is 29.7 Å². The van der Waals surface area contributed by atoms with Gasteiger partial charge in [-0.25, -0.2) is 4.98 Å². The lowest BCUT2D eigenvalue weighted by Crippen LogP contribution is -2.56. The van der Waals surface area contributed by atoms with E-state index in [0.717, 1.165) is 0 Å². The van der Waals surface area contributed by atoms with Gasteiger partial charge in [-0.1, -0.05) is 0 Å². The van der Waals surface area contributed by atoms with Crippen LogP contribution < -0.4 is 16.4 Å². The van der Waals surface area contributed by atoms with Gasteiger partial charge in [0.2, 0.25) is 17.7 Å². The van der Waals surface area contributed by atoms with Crippen molar-refractivity contribution in [2.24, 2.45) is 5.73 Å². The first-order valence-electron chi connectivity index (χ1n) is 9.24. The Balaban J connectivity index is 2.02. The molecule has 1 aliphatic heterocycles. The molecule has 0 aliphatic carbocycles. The second-order valence-corrected chi connectivity index (χ2v) is 6.85. The van der Waals surface area contributed by atoms with Crippen molar-refractivity contribution in [3.63, 3.8) is 0 Å². The summed E-state index contributed by atoms with van der Waals surface area (Å²) in [5.74, 6) is -4.77. The predicted molar refractivity (Wildman–Crippen MR) is 99.8 cm³/mol. The van der Waals surface area contributed by atoms with E-state index < -0.39 is 60.8 Å². The number of nitrogens with zero attached hydrogens (tertiary/aromatic N) is 2. The molecule has 2 heterocycles. The Morgan fingerprint density at radius 1 is 1.27 bits per heavy atom. The highest BCUT2D eigenvalue weighted by atomic mass is 16.4. The lowest BCUT2D eigenvalue weighted by atomic mass is 10.1. The van der Waals surface area contributed by atoms with Crippen LogP contribution >= 0.6 is 0 Å². The maximum Gasteiger partial charge on any atom is 0.322 e. The van der Waals surface area contributed by atoms with Crippen LogP contribution in [0.2, 0.25) is 0 Å². The van der Waals surface area contributed by atoms with E-state index >= 15 is 0 Å². The van der Waals surface area contributed by atoms with Crippen LogP contribution in [0, 0.1) is 0 Å². The van der Waals surface area contributed by atoms with E-state index in [2.05, 4.69) is 15.3 Å². The molecule has 0 bridgehead atoms. The Bertz CT molecular complexity index is 797. The second kappa shape index (κ2) is 10.3. The van der Waals surface area contributed by atoms with Crippen molar-refractivity contribution in [3.05, 3.63) is 18.2 Å². The molecule has 13 heteroatoms. The van der Waals surface area contributed by atoms with Crippen LogP contribution in [0.5, 0.6) is 0 Å². The molecular weight excluding hydrogens is 400 g/mol. The third-order valence-corrected chi connectivity index (χ3v) is 4.58. The highest BCUT2D eigenvalue weighted by molar-refractivity contribution is 5.95. The largest absolute Gasteiger partial charge is 0.481 e. The van der Waals surface area contributed by atoms with E-state index in [1.54, 1.807) is 0 Å². The van der Waals surface area contributed by atoms with Crippen molar-refractivity contribution in [3.8, 4) is 0 Å². The molecule has 1 saturated heterocycles. The molecule has 164 valence electrons. The minimum absolute atomic E-state index is 0.197. The van der Waals surface area contributed by atoms with Crippen LogP contribution in [-0.4, -0.2) is 86.0 Å². The van der Waals surface area contributed by atoms with Crippen LogP contribution in [0.1, 0.15) is 25.0 Å². The molecule has 2 rings (SSSR count). The van der Waals surface area contributed by atoms with Gasteiger partial charge in [-0.05, 0) is 12.8 Å². The van der Waals surface area contributed by atoms with Gasteiger partial charge in [0.1, 0.15) is 18.6 Å². The van der Waals surface area contributed by atoms with Crippen molar-refractivity contribution in [1.29, 1.82) is 0 Å². The molecule has 3 unspecified atom stereocenters. The average molecular weight is 424 g/mol. The molecule has 1 aliphatic rings. The molecule has 1 aromatic rings. The molecule has 0 spiro atoms. The lowest BCUT2D eigenvalue weighted by molar-refractivity contribution is -0.143. The Kier molecular flexibility index (Phi) is 7.86. The summed E-state index contributed by atoms with van der Waals surface area (Å²) in [6.07, 6.45) is 3.31. The summed E-state index contributed by atoms with van der Waals surface area (Å²) in [6, 6.07) is -3.30. The van der Waals surface area contributed by atoms with E-state index in [0.29, 0.717) is 25.1 Å². The van der Waals surface area contributed by atoms with Gasteiger partial charge in [0.05, 0.1) is 18.8 Å². The molecule has 30 heavy (non-hydrogen) atoms. The molecule has 0 aromatic carbocycles. The minimum Gasteiger partial charge on any atom is -0.481 e. The number of carbonyl (C=O) groups excluding carboxylic acids is 3. The Hall–Kier alpha value is -3.48. The number of aromatic nitrogens is 2. The molecular formula is C17H24N6O7. The maximum atomic E-state index is 12.7. The molecule has 0 saturated carbocycles. The number of imidazole rings is 1. The number of hydrogen-bond donors (Lipinski definition) is 6. The van der Waals surface area contributed by atoms with Crippen molar-refractivity contribution in [2.75, 3.05) is 13.1 Å². The van der Waals surface area contributed by atoms with Gasteiger partial charge in [0.15, 0.2) is 0 Å². The molecule has 0 radical (unpaired) electrons. The molecule has 7 N–H and O–H groups in total. The quantitative estimate of drug-likeness (QED) is 0.233. The molecule has 13 nitrogen and oxygen atoms in total. The summed E-state index contributed by atoms with van der Waals surface area (Å²) in [5.41, 5.74) is 6.63. The Labute approximate surface area is 171 Å². The minimum atomic E-state index is -1.48. The third kappa shape index (κ3) is 6.27. The highest BCUT2D eigenvalue weighted by Gasteiger charge is 2.38. The van der Waals surface area contributed by atoms with Gasteiger partial charge in [-0.3, -0.25) is 24.0 Å². The summed E-state index contributed by atoms with van der Waals surface area (Å²) in [4.78, 5) is 67.1. The monoisotopic (exact) mass is 424 g/mol. The van der Waals surface area contributed by atoms with Gasteiger partial charge in [-0.15, -0.1) is 0 Å². The van der Waals surface area contributed by atoms with Crippen LogP contribution in [0.15, 0.2) is 12.5 Å². The first-order valence-corrected chi connectivity index (χ1v) is 9.24. The number of carbonyl (C=O) groups is 5. The number of carboxylic acid groups (broad SMARTS) is 2. The summed E-state index contributed by atoms with van der Waals surface area (Å²) in [7, 11) is 0. The van der Waals surface area contributed by atoms with E-state index in [1.165, 1.54) is 17.4 Å². The van der Waals surface area contributed by atoms with Gasteiger partial charge in [-0.2, -0.15) is 0 Å². The molecule has 1 fully saturated rings. The zero-order valence-electron chi connectivity index (χ0n) is 16.0. The Morgan fingerprint density at radius 3 is 2.60 bits per heavy atom. The van der Waals surface area contributed by atoms with E-state index in [9.17, 15) is 24.0 Å². The number of likely N-dealkylation sites (tertiary alicyclic amines) is 1. The van der Waals surface area contributed by atoms with Gasteiger partial charge in [0, 0.05) is 24.9 Å². The third-order valence-electron chi connectivity index (χ3n) is 4.58. The fraction of sp³-hybridized carbons (Fsp3) is 0.529. The number of aromatic amines is 1. The topological polar surface area (TPSA) is 208 Å². The van der Waals surface area contributed by atoms with E-state index in [4.69, 9.17) is 15.9 Å². The van der Waals surface area contributed by atoms with E-state index in [-0.39, 0.29) is 6.42 Å². The maximum absolute atomic E-state index is 12.7. The van der Waals surface area contributed by atoms with E-state index in [1.807, 2.05) is 5.32 Å². The predicted octanol–water partition coefficient (Wildman–Crippen LogP) is -2.57. The average Bonchev–Trinajstić information content (AvgIpc) is 3.36. The summed E-state index contributed by atoms with van der Waals surface area (Å²) < 4.78 is 0. The standard InChI is InChI=1S/C17H24N6O7/c18-10(4-9-6-19-8-21-9)17(30)23-3-1-2-12(23)16(29)22-11(5-13(24)25)15(28)20-7-14(26)27/h6,8,10-12H,1-5,7,18H2,(H,19,21)(H,20,28)(H,22,29)(H,24,25)(H,26,27). The first kappa shape index (κ1) is 22.8. The number of nitrogens with one attached hydrogen (secondary N) is 3. The van der Waals surface area contributed by atoms with Crippen molar-refractivity contribution in [1.82, 2.24) is 25.5 Å². The molecule has 3 atom stereocenters. The highest BCUT2D eigenvalue weighted by Crippen LogP contribution is 2.19. The summed E-state index contributed by atoms with van der Waals surface area (Å²) >= 11 is 0. The molecule has 3 amide bonds. The number of amides is 3. The van der Waals surface area contributed by atoms with Crippen LogP contribution in [0.3, 0.4) is 0 Å². The van der Waals surface area contributed by atoms with Crippen LogP contribution in [0.25, 0.3) is 0 Å². The SMILES string of the molecule is NC(Cc1cnc[nH]1)C(=O)N1CCCC1C(=O)NC(CC(=O)O)C(=O)NCC(=O)O. The second-order valence-electron chi connectivity index (χ2n) is 6.85. The fourth-order valence-corrected chi connectivity index (χ4v) is 3.17. The normalized spacial score (nSPS) is 17.8. The number of H-pyrrole nitrogens is 1. The van der Waals surface area contributed by atoms with Crippen molar-refractivity contribution < 1.29 is 34.2 Å². The number of nitrogens with two attached hydrogens (primary N) is 1. The van der Waals surface area contributed by atoms with Crippen LogP contribution in [0.4, 0.5) is 0 Å². The molecule has 1 aromatic heterocycles. The zero-order valence-corrected chi connectivity index (χ0v) is 16.0. The number of aliphatic carboxylic acids is 2. The smallest absolute Gasteiger partial charge is 0.322 e.